The van der Waals surface area contributed by atoms with Crippen molar-refractivity contribution in [2.24, 2.45) is 0 Å². The Balaban J connectivity index is 1.71. The van der Waals surface area contributed by atoms with Crippen LogP contribution in [0.15, 0.2) is 84.6 Å². The van der Waals surface area contributed by atoms with Crippen molar-refractivity contribution in [1.29, 1.82) is 0 Å². The maximum atomic E-state index is 14.6. The van der Waals surface area contributed by atoms with E-state index in [9.17, 15) is 9.18 Å². The summed E-state index contributed by atoms with van der Waals surface area (Å²) in [5, 5.41) is 3.15. The molecule has 1 aliphatic heterocycles. The third kappa shape index (κ3) is 3.72. The van der Waals surface area contributed by atoms with Crippen LogP contribution < -0.4 is 19.7 Å². The number of hydrogen-bond acceptors (Lipinski definition) is 4. The number of hydrogen-bond donors (Lipinski definition) is 1. The number of nitrogens with one attached hydrogen (secondary N) is 1. The van der Waals surface area contributed by atoms with E-state index in [-0.39, 0.29) is 11.7 Å². The Bertz CT molecular complexity index is 1080. The fraction of sp³-hybridized carbons (Fsp3) is 0.125. The predicted octanol–water partition coefficient (Wildman–Crippen LogP) is 4.93. The van der Waals surface area contributed by atoms with Gasteiger partial charge in [-0.3, -0.25) is 9.69 Å². The number of carbonyl (C=O) groups excluding carboxylic acids is 1. The summed E-state index contributed by atoms with van der Waals surface area (Å²) in [6.07, 6.45) is 1.75. The Morgan fingerprint density at radius 2 is 1.47 bits per heavy atom. The second kappa shape index (κ2) is 8.29. The zero-order valence-corrected chi connectivity index (χ0v) is 16.6. The smallest absolute Gasteiger partial charge is 0.275 e. The molecular weight excluding hydrogens is 383 g/mol. The lowest BCUT2D eigenvalue weighted by Crippen LogP contribution is -2.31. The van der Waals surface area contributed by atoms with Crippen LogP contribution in [0.4, 0.5) is 15.8 Å². The van der Waals surface area contributed by atoms with Gasteiger partial charge in [0.25, 0.3) is 5.91 Å². The van der Waals surface area contributed by atoms with Crippen LogP contribution in [0.3, 0.4) is 0 Å². The molecule has 0 aliphatic carbocycles. The molecular formula is C24H21FN2O3. The normalized spacial score (nSPS) is 15.7. The first kappa shape index (κ1) is 19.5. The highest BCUT2D eigenvalue weighted by molar-refractivity contribution is 6.11. The summed E-state index contributed by atoms with van der Waals surface area (Å²) in [7, 11) is 3.17. The van der Waals surface area contributed by atoms with Crippen molar-refractivity contribution < 1.29 is 18.7 Å². The molecule has 4 rings (SSSR count). The van der Waals surface area contributed by atoms with Crippen molar-refractivity contribution in [3.63, 3.8) is 0 Å². The molecule has 0 aromatic heterocycles. The van der Waals surface area contributed by atoms with Crippen LogP contribution in [0.5, 0.6) is 11.5 Å². The average molecular weight is 404 g/mol. The van der Waals surface area contributed by atoms with Crippen LogP contribution in [0.2, 0.25) is 0 Å². The van der Waals surface area contributed by atoms with Gasteiger partial charge in [-0.1, -0.05) is 18.2 Å². The van der Waals surface area contributed by atoms with E-state index in [2.05, 4.69) is 5.32 Å². The molecule has 0 saturated heterocycles. The minimum atomic E-state index is -0.576. The van der Waals surface area contributed by atoms with Gasteiger partial charge in [0.15, 0.2) is 0 Å². The summed E-state index contributed by atoms with van der Waals surface area (Å²) in [6.45, 7) is 0. The summed E-state index contributed by atoms with van der Waals surface area (Å²) in [4.78, 5) is 14.9. The van der Waals surface area contributed by atoms with Gasteiger partial charge >= 0.3 is 0 Å². The number of carbonyl (C=O) groups is 1. The van der Waals surface area contributed by atoms with E-state index in [0.717, 1.165) is 11.4 Å². The molecule has 1 heterocycles. The van der Waals surface area contributed by atoms with E-state index in [1.165, 1.54) is 6.07 Å². The predicted molar refractivity (Wildman–Crippen MR) is 114 cm³/mol. The van der Waals surface area contributed by atoms with E-state index in [1.54, 1.807) is 79.8 Å². The summed E-state index contributed by atoms with van der Waals surface area (Å²) in [5.41, 5.74) is 2.19. The number of amides is 1. The first-order valence-electron chi connectivity index (χ1n) is 9.45. The second-order valence-electron chi connectivity index (χ2n) is 6.77. The highest BCUT2D eigenvalue weighted by Crippen LogP contribution is 2.37. The Morgan fingerprint density at radius 3 is 2.07 bits per heavy atom. The molecule has 30 heavy (non-hydrogen) atoms. The topological polar surface area (TPSA) is 50.8 Å². The summed E-state index contributed by atoms with van der Waals surface area (Å²) in [6, 6.07) is 20.3. The number of ether oxygens (including phenoxy) is 2. The highest BCUT2D eigenvalue weighted by atomic mass is 19.1. The fourth-order valence-corrected chi connectivity index (χ4v) is 3.45. The Kier molecular flexibility index (Phi) is 5.39. The first-order chi connectivity index (χ1) is 14.6. The Labute approximate surface area is 174 Å². The van der Waals surface area contributed by atoms with Crippen molar-refractivity contribution in [2.75, 3.05) is 24.4 Å². The lowest BCUT2D eigenvalue weighted by atomic mass is 10.1. The Morgan fingerprint density at radius 1 is 0.867 bits per heavy atom. The molecule has 5 nitrogen and oxygen atoms in total. The minimum absolute atomic E-state index is 0.246. The monoisotopic (exact) mass is 404 g/mol. The minimum Gasteiger partial charge on any atom is -0.497 e. The van der Waals surface area contributed by atoms with Gasteiger partial charge in [0, 0.05) is 16.9 Å². The molecule has 0 radical (unpaired) electrons. The van der Waals surface area contributed by atoms with Gasteiger partial charge < -0.3 is 14.8 Å². The number of methoxy groups -OCH3 is 2. The molecule has 3 aromatic carbocycles. The number of nitrogens with zero attached hydrogens (tertiary/aromatic N) is 1. The van der Waals surface area contributed by atoms with Crippen molar-refractivity contribution >= 4 is 17.3 Å². The molecule has 1 N–H and O–H groups in total. The molecule has 0 fully saturated rings. The number of anilines is 2. The molecule has 152 valence electrons. The lowest BCUT2D eigenvalue weighted by Gasteiger charge is -2.25. The first-order valence-corrected chi connectivity index (χ1v) is 9.45. The van der Waals surface area contributed by atoms with Crippen LogP contribution in [-0.2, 0) is 4.79 Å². The van der Waals surface area contributed by atoms with Gasteiger partial charge in [0.2, 0.25) is 0 Å². The maximum Gasteiger partial charge on any atom is 0.275 e. The molecule has 0 saturated carbocycles. The molecule has 0 spiro atoms. The average Bonchev–Trinajstić information content (AvgIpc) is 3.10. The van der Waals surface area contributed by atoms with E-state index in [4.69, 9.17) is 9.47 Å². The maximum absolute atomic E-state index is 14.6. The van der Waals surface area contributed by atoms with Gasteiger partial charge in [-0.2, -0.15) is 0 Å². The lowest BCUT2D eigenvalue weighted by molar-refractivity contribution is -0.114. The van der Waals surface area contributed by atoms with Gasteiger partial charge in [-0.05, 0) is 60.7 Å². The van der Waals surface area contributed by atoms with Crippen molar-refractivity contribution in [2.45, 2.75) is 6.04 Å². The zero-order valence-electron chi connectivity index (χ0n) is 16.6. The SMILES string of the molecule is COc1ccc(NC2=C[C@H](c3ccccc3F)N(c3ccc(OC)cc3)C2=O)cc1. The summed E-state index contributed by atoms with van der Waals surface area (Å²) >= 11 is 0. The molecule has 0 unspecified atom stereocenters. The molecule has 1 aliphatic rings. The number of benzene rings is 3. The van der Waals surface area contributed by atoms with E-state index < -0.39 is 6.04 Å². The van der Waals surface area contributed by atoms with Crippen molar-refractivity contribution in [3.05, 3.63) is 96.0 Å². The Hall–Kier alpha value is -3.80. The van der Waals surface area contributed by atoms with Crippen LogP contribution in [0, 0.1) is 5.82 Å². The highest BCUT2D eigenvalue weighted by Gasteiger charge is 2.36. The van der Waals surface area contributed by atoms with Crippen molar-refractivity contribution in [1.82, 2.24) is 0 Å². The summed E-state index contributed by atoms with van der Waals surface area (Å²) in [5.74, 6) is 0.786. The fourth-order valence-electron chi connectivity index (χ4n) is 3.45. The van der Waals surface area contributed by atoms with Crippen LogP contribution in [-0.4, -0.2) is 20.1 Å². The van der Waals surface area contributed by atoms with Crippen LogP contribution >= 0.6 is 0 Å². The quantitative estimate of drug-likeness (QED) is 0.633. The second-order valence-corrected chi connectivity index (χ2v) is 6.77. The van der Waals surface area contributed by atoms with Gasteiger partial charge in [0.05, 0.1) is 20.3 Å². The van der Waals surface area contributed by atoms with Gasteiger partial charge in [-0.25, -0.2) is 4.39 Å². The third-order valence-corrected chi connectivity index (χ3v) is 5.00. The standard InChI is InChI=1S/C24H21FN2O3/c1-29-18-11-7-16(8-12-18)26-22-15-23(20-5-3-4-6-21(20)25)27(24(22)28)17-9-13-19(30-2)14-10-17/h3-15,23,26H,1-2H3/t23-/m1/s1. The molecule has 1 amide bonds. The number of halogens is 1. The van der Waals surface area contributed by atoms with E-state index >= 15 is 0 Å². The molecule has 1 atom stereocenters. The zero-order chi connectivity index (χ0) is 21.1. The summed E-state index contributed by atoms with van der Waals surface area (Å²) < 4.78 is 25.0. The molecule has 0 bridgehead atoms. The van der Waals surface area contributed by atoms with Gasteiger partial charge in [-0.15, -0.1) is 0 Å². The van der Waals surface area contributed by atoms with E-state index in [0.29, 0.717) is 22.7 Å². The van der Waals surface area contributed by atoms with Gasteiger partial charge in [0.1, 0.15) is 23.0 Å². The van der Waals surface area contributed by atoms with Crippen molar-refractivity contribution in [3.8, 4) is 11.5 Å². The van der Waals surface area contributed by atoms with Crippen LogP contribution in [0.25, 0.3) is 0 Å². The molecule has 3 aromatic rings. The third-order valence-electron chi connectivity index (χ3n) is 5.00. The number of rotatable bonds is 6. The molecule has 6 heteroatoms. The van der Waals surface area contributed by atoms with E-state index in [1.807, 2.05) is 12.1 Å². The van der Waals surface area contributed by atoms with Crippen LogP contribution in [0.1, 0.15) is 11.6 Å². The largest absolute Gasteiger partial charge is 0.497 e.